The smallest absolute Gasteiger partial charge is 0.375 e. The van der Waals surface area contributed by atoms with Gasteiger partial charge in [0.25, 0.3) is 0 Å². The van der Waals surface area contributed by atoms with Gasteiger partial charge in [-0.3, -0.25) is 0 Å². The first-order valence-corrected chi connectivity index (χ1v) is 4.07. The molecule has 14 heavy (non-hydrogen) atoms. The van der Waals surface area contributed by atoms with Gasteiger partial charge in [0.15, 0.2) is 0 Å². The third-order valence-electron chi connectivity index (χ3n) is 1.55. The summed E-state index contributed by atoms with van der Waals surface area (Å²) in [5.74, 6) is 0. The Bertz CT molecular complexity index is 219. The Hall–Kier alpha value is -0.840. The summed E-state index contributed by atoms with van der Waals surface area (Å²) < 4.78 is 48.1. The summed E-state index contributed by atoms with van der Waals surface area (Å²) in [4.78, 5) is 0. The molecule has 1 atom stereocenters. The van der Waals surface area contributed by atoms with E-state index in [2.05, 4.69) is 0 Å². The van der Waals surface area contributed by atoms with Crippen LogP contribution >= 0.6 is 0 Å². The number of rotatable bonds is 4. The predicted molar refractivity (Wildman–Crippen MR) is 45.6 cm³/mol. The molecule has 1 N–H and O–H groups in total. The number of hydrogen-bond acceptors (Lipinski definition) is 1. The van der Waals surface area contributed by atoms with E-state index in [1.807, 2.05) is 0 Å². The second-order valence-corrected chi connectivity index (χ2v) is 2.75. The van der Waals surface area contributed by atoms with Crippen LogP contribution in [0.5, 0.6) is 0 Å². The molecule has 1 unspecified atom stereocenters. The lowest BCUT2D eigenvalue weighted by molar-refractivity contribution is -0.243. The Morgan fingerprint density at radius 2 is 1.79 bits per heavy atom. The zero-order chi connectivity index (χ0) is 11.2. The van der Waals surface area contributed by atoms with Crippen molar-refractivity contribution in [1.82, 2.24) is 0 Å². The van der Waals surface area contributed by atoms with Crippen molar-refractivity contribution in [2.75, 3.05) is 6.67 Å². The highest BCUT2D eigenvalue weighted by molar-refractivity contribution is 5.12. The highest BCUT2D eigenvalue weighted by Crippen LogP contribution is 2.31. The summed E-state index contributed by atoms with van der Waals surface area (Å²) >= 11 is 0. The number of allylic oxidation sites excluding steroid dienone is 3. The van der Waals surface area contributed by atoms with Gasteiger partial charge >= 0.3 is 6.18 Å². The van der Waals surface area contributed by atoms with Crippen molar-refractivity contribution in [1.29, 1.82) is 0 Å². The maximum Gasteiger partial charge on any atom is 0.423 e. The van der Waals surface area contributed by atoms with E-state index in [4.69, 9.17) is 5.11 Å². The summed E-state index contributed by atoms with van der Waals surface area (Å²) in [5.41, 5.74) is -3.37. The quantitative estimate of drug-likeness (QED) is 0.561. The topological polar surface area (TPSA) is 20.2 Å². The van der Waals surface area contributed by atoms with Crippen LogP contribution in [-0.2, 0) is 0 Å². The predicted octanol–water partition coefficient (Wildman–Crippen LogP) is 2.77. The van der Waals surface area contributed by atoms with Crippen LogP contribution in [0, 0.1) is 0 Å². The highest BCUT2D eigenvalue weighted by Gasteiger charge is 2.52. The van der Waals surface area contributed by atoms with Gasteiger partial charge in [0, 0.05) is 0 Å². The SMILES string of the molecule is CCC=CC=CC(O)(CF)C(F)(F)F. The first kappa shape index (κ1) is 13.2. The van der Waals surface area contributed by atoms with Crippen molar-refractivity contribution in [2.24, 2.45) is 0 Å². The molecule has 1 nitrogen and oxygen atoms in total. The Balaban J connectivity index is 4.56. The normalized spacial score (nSPS) is 17.9. The van der Waals surface area contributed by atoms with E-state index >= 15 is 0 Å². The Morgan fingerprint density at radius 1 is 1.21 bits per heavy atom. The molecule has 0 aliphatic rings. The van der Waals surface area contributed by atoms with Crippen molar-refractivity contribution >= 4 is 0 Å². The molecule has 0 aromatic carbocycles. The van der Waals surface area contributed by atoms with Crippen LogP contribution in [-0.4, -0.2) is 23.6 Å². The fourth-order valence-corrected chi connectivity index (χ4v) is 0.644. The van der Waals surface area contributed by atoms with Crippen LogP contribution in [0.4, 0.5) is 17.6 Å². The van der Waals surface area contributed by atoms with Crippen molar-refractivity contribution < 1.29 is 22.7 Å². The van der Waals surface area contributed by atoms with Gasteiger partial charge in [0.1, 0.15) is 6.67 Å². The molecule has 0 amide bonds. The number of hydrogen-bond donors (Lipinski definition) is 1. The van der Waals surface area contributed by atoms with E-state index in [-0.39, 0.29) is 0 Å². The molecular formula is C9H12F4O. The lowest BCUT2D eigenvalue weighted by Crippen LogP contribution is -2.45. The van der Waals surface area contributed by atoms with Gasteiger partial charge in [-0.1, -0.05) is 25.2 Å². The van der Waals surface area contributed by atoms with Crippen LogP contribution in [0.1, 0.15) is 13.3 Å². The monoisotopic (exact) mass is 212 g/mol. The van der Waals surface area contributed by atoms with Gasteiger partial charge in [-0.05, 0) is 12.5 Å². The van der Waals surface area contributed by atoms with Crippen LogP contribution in [0.2, 0.25) is 0 Å². The molecule has 0 aromatic rings. The molecule has 82 valence electrons. The highest BCUT2D eigenvalue weighted by atomic mass is 19.4. The average molecular weight is 212 g/mol. The number of halogens is 4. The average Bonchev–Trinajstić information content (AvgIpc) is 2.10. The van der Waals surface area contributed by atoms with E-state index in [1.54, 1.807) is 13.0 Å². The minimum atomic E-state index is -4.99. The maximum atomic E-state index is 12.0. The molecule has 5 heteroatoms. The van der Waals surface area contributed by atoms with Crippen LogP contribution in [0.3, 0.4) is 0 Å². The summed E-state index contributed by atoms with van der Waals surface area (Å²) in [6, 6.07) is 0. The molecule has 0 saturated heterocycles. The second-order valence-electron chi connectivity index (χ2n) is 2.75. The molecule has 0 bridgehead atoms. The molecule has 0 rings (SSSR count). The molecule has 0 radical (unpaired) electrons. The molecule has 0 aliphatic heterocycles. The molecule has 0 aliphatic carbocycles. The van der Waals surface area contributed by atoms with Gasteiger partial charge in [-0.15, -0.1) is 0 Å². The largest absolute Gasteiger partial charge is 0.423 e. The van der Waals surface area contributed by atoms with Crippen molar-refractivity contribution in [2.45, 2.75) is 25.1 Å². The third-order valence-corrected chi connectivity index (χ3v) is 1.55. The van der Waals surface area contributed by atoms with Gasteiger partial charge < -0.3 is 5.11 Å². The van der Waals surface area contributed by atoms with E-state index < -0.39 is 18.5 Å². The van der Waals surface area contributed by atoms with Gasteiger partial charge in [-0.25, -0.2) is 4.39 Å². The van der Waals surface area contributed by atoms with E-state index in [0.717, 1.165) is 6.08 Å². The minimum absolute atomic E-state index is 0.402. The molecular weight excluding hydrogens is 200 g/mol. The lowest BCUT2D eigenvalue weighted by Gasteiger charge is -2.23. The van der Waals surface area contributed by atoms with Crippen LogP contribution < -0.4 is 0 Å². The van der Waals surface area contributed by atoms with Crippen molar-refractivity contribution in [3.05, 3.63) is 24.3 Å². The molecule has 0 aromatic heterocycles. The summed E-state index contributed by atoms with van der Waals surface area (Å²) in [6.45, 7) is -0.0809. The standard InChI is InChI=1S/C9H12F4O/c1-2-3-4-5-6-8(14,7-10)9(11,12)13/h3-6,14H,2,7H2,1H3. The first-order chi connectivity index (χ1) is 6.37. The molecule has 0 fully saturated rings. The van der Waals surface area contributed by atoms with E-state index in [0.29, 0.717) is 12.5 Å². The van der Waals surface area contributed by atoms with Gasteiger partial charge in [-0.2, -0.15) is 13.2 Å². The summed E-state index contributed by atoms with van der Waals surface area (Å²) in [5, 5.41) is 8.84. The lowest BCUT2D eigenvalue weighted by atomic mass is 10.1. The molecule has 0 saturated carbocycles. The van der Waals surface area contributed by atoms with Crippen LogP contribution in [0.15, 0.2) is 24.3 Å². The second kappa shape index (κ2) is 5.14. The zero-order valence-corrected chi connectivity index (χ0v) is 7.68. The van der Waals surface area contributed by atoms with E-state index in [9.17, 15) is 17.6 Å². The minimum Gasteiger partial charge on any atom is -0.375 e. The van der Waals surface area contributed by atoms with Crippen LogP contribution in [0.25, 0.3) is 0 Å². The Morgan fingerprint density at radius 3 is 2.14 bits per heavy atom. The third kappa shape index (κ3) is 3.49. The Labute approximate surface area is 79.7 Å². The molecule has 0 heterocycles. The zero-order valence-electron chi connectivity index (χ0n) is 7.68. The van der Waals surface area contributed by atoms with E-state index in [1.165, 1.54) is 6.08 Å². The van der Waals surface area contributed by atoms with Gasteiger partial charge in [0.2, 0.25) is 5.60 Å². The summed E-state index contributed by atoms with van der Waals surface area (Å²) in [6.07, 6.45) is -0.0314. The van der Waals surface area contributed by atoms with Gasteiger partial charge in [0.05, 0.1) is 0 Å². The first-order valence-electron chi connectivity index (χ1n) is 4.07. The van der Waals surface area contributed by atoms with Crippen molar-refractivity contribution in [3.8, 4) is 0 Å². The maximum absolute atomic E-state index is 12.0. The molecule has 0 spiro atoms. The number of alkyl halides is 4. The fraction of sp³-hybridized carbons (Fsp3) is 0.556. The Kier molecular flexibility index (Phi) is 4.83. The fourth-order valence-electron chi connectivity index (χ4n) is 0.644. The van der Waals surface area contributed by atoms with Crippen molar-refractivity contribution in [3.63, 3.8) is 0 Å². The summed E-state index contributed by atoms with van der Waals surface area (Å²) in [7, 11) is 0. The number of aliphatic hydroxyl groups is 1.